The maximum absolute atomic E-state index is 12.1. The molecular weight excluding hydrogens is 264 g/mol. The molecule has 1 heterocycles. The predicted octanol–water partition coefficient (Wildman–Crippen LogP) is 0.644. The number of carboxylic acid groups (broad SMARTS) is 1. The van der Waals surface area contributed by atoms with Gasteiger partial charge in [0, 0.05) is 33.1 Å². The van der Waals surface area contributed by atoms with E-state index in [-0.39, 0.29) is 30.9 Å². The number of aliphatic carboxylic acids is 1. The summed E-state index contributed by atoms with van der Waals surface area (Å²) >= 11 is 0. The van der Waals surface area contributed by atoms with Gasteiger partial charge in [-0.2, -0.15) is 0 Å². The van der Waals surface area contributed by atoms with E-state index in [1.807, 2.05) is 6.92 Å². The first-order valence-electron chi connectivity index (χ1n) is 6.66. The van der Waals surface area contributed by atoms with Crippen LogP contribution in [0.25, 0.3) is 0 Å². The van der Waals surface area contributed by atoms with Crippen LogP contribution in [-0.4, -0.2) is 66.7 Å². The monoisotopic (exact) mass is 286 g/mol. The van der Waals surface area contributed by atoms with E-state index in [0.717, 1.165) is 0 Å². The number of hydrogen-bond acceptors (Lipinski definition) is 4. The van der Waals surface area contributed by atoms with Crippen LogP contribution in [0.3, 0.4) is 0 Å². The van der Waals surface area contributed by atoms with Crippen molar-refractivity contribution in [2.24, 2.45) is 11.8 Å². The van der Waals surface area contributed by atoms with Gasteiger partial charge in [0.05, 0.1) is 13.0 Å². The van der Waals surface area contributed by atoms with E-state index in [0.29, 0.717) is 19.5 Å². The van der Waals surface area contributed by atoms with E-state index >= 15 is 0 Å². The quantitative estimate of drug-likeness (QED) is 0.750. The van der Waals surface area contributed by atoms with E-state index < -0.39 is 11.9 Å². The fourth-order valence-electron chi connectivity index (χ4n) is 2.34. The fraction of sp³-hybridized carbons (Fsp3) is 0.769. The highest BCUT2D eigenvalue weighted by molar-refractivity contribution is 5.77. The summed E-state index contributed by atoms with van der Waals surface area (Å²) in [4.78, 5) is 37.2. The third-order valence-electron chi connectivity index (χ3n) is 3.63. The number of methoxy groups -OCH3 is 1. The fourth-order valence-corrected chi connectivity index (χ4v) is 2.34. The number of likely N-dealkylation sites (tertiary alicyclic amines) is 1. The maximum atomic E-state index is 12.1. The summed E-state index contributed by atoms with van der Waals surface area (Å²) in [5, 5.41) is 9.05. The second-order valence-electron chi connectivity index (χ2n) is 5.21. The Morgan fingerprint density at radius 1 is 1.35 bits per heavy atom. The molecule has 0 spiro atoms. The van der Waals surface area contributed by atoms with Crippen molar-refractivity contribution in [1.29, 1.82) is 0 Å². The van der Waals surface area contributed by atoms with Crippen molar-refractivity contribution in [2.75, 3.05) is 33.8 Å². The van der Waals surface area contributed by atoms with Crippen LogP contribution in [0.5, 0.6) is 0 Å². The highest BCUT2D eigenvalue weighted by atomic mass is 16.5. The van der Waals surface area contributed by atoms with Gasteiger partial charge in [-0.15, -0.1) is 0 Å². The van der Waals surface area contributed by atoms with Crippen molar-refractivity contribution in [2.45, 2.75) is 19.8 Å². The summed E-state index contributed by atoms with van der Waals surface area (Å²) in [5.41, 5.74) is 0. The second-order valence-corrected chi connectivity index (χ2v) is 5.21. The number of carbonyl (C=O) groups is 3. The number of rotatable bonds is 5. The van der Waals surface area contributed by atoms with Crippen LogP contribution in [0.1, 0.15) is 19.8 Å². The lowest BCUT2D eigenvalue weighted by atomic mass is 9.99. The molecule has 114 valence electrons. The molecule has 0 saturated carbocycles. The number of nitrogens with zero attached hydrogens (tertiary/aromatic N) is 2. The Bertz CT molecular complexity index is 385. The van der Waals surface area contributed by atoms with Gasteiger partial charge in [-0.1, -0.05) is 6.92 Å². The average Bonchev–Trinajstić information content (AvgIpc) is 2.79. The minimum Gasteiger partial charge on any atom is -0.481 e. The molecular formula is C13H22N2O5. The normalized spacial score (nSPS) is 21.6. The molecule has 2 unspecified atom stereocenters. The minimum atomic E-state index is -0.860. The molecule has 0 aliphatic carbocycles. The molecule has 7 nitrogen and oxygen atoms in total. The van der Waals surface area contributed by atoms with E-state index in [1.165, 1.54) is 12.0 Å². The minimum absolute atomic E-state index is 0.0417. The van der Waals surface area contributed by atoms with Crippen LogP contribution >= 0.6 is 0 Å². The summed E-state index contributed by atoms with van der Waals surface area (Å²) in [6.07, 6.45) is 0.795. The molecule has 0 aromatic rings. The first kappa shape index (κ1) is 16.3. The van der Waals surface area contributed by atoms with Crippen LogP contribution in [0, 0.1) is 11.8 Å². The SMILES string of the molecule is COC(=O)CCCN(C)C(=O)N1CC(C)C(C(=O)O)C1. The Balaban J connectivity index is 2.42. The number of amides is 2. The van der Waals surface area contributed by atoms with E-state index in [1.54, 1.807) is 11.9 Å². The zero-order chi connectivity index (χ0) is 15.3. The van der Waals surface area contributed by atoms with Crippen molar-refractivity contribution in [1.82, 2.24) is 9.80 Å². The zero-order valence-corrected chi connectivity index (χ0v) is 12.2. The number of esters is 1. The molecule has 2 amide bonds. The highest BCUT2D eigenvalue weighted by Gasteiger charge is 2.37. The number of carboxylic acids is 1. The number of urea groups is 1. The summed E-state index contributed by atoms with van der Waals surface area (Å²) in [6.45, 7) is 2.98. The molecule has 1 aliphatic rings. The Morgan fingerprint density at radius 2 is 2.00 bits per heavy atom. The Hall–Kier alpha value is -1.79. The van der Waals surface area contributed by atoms with Crippen molar-refractivity contribution >= 4 is 18.0 Å². The largest absolute Gasteiger partial charge is 0.481 e. The number of hydrogen-bond donors (Lipinski definition) is 1. The topological polar surface area (TPSA) is 87.2 Å². The Morgan fingerprint density at radius 3 is 2.50 bits per heavy atom. The lowest BCUT2D eigenvalue weighted by Gasteiger charge is -2.24. The molecule has 0 aromatic carbocycles. The molecule has 20 heavy (non-hydrogen) atoms. The van der Waals surface area contributed by atoms with Crippen LogP contribution < -0.4 is 0 Å². The van der Waals surface area contributed by atoms with Crippen LogP contribution in [0.15, 0.2) is 0 Å². The van der Waals surface area contributed by atoms with Crippen LogP contribution in [0.4, 0.5) is 4.79 Å². The lowest BCUT2D eigenvalue weighted by Crippen LogP contribution is -2.40. The van der Waals surface area contributed by atoms with Crippen molar-refractivity contribution in [3.05, 3.63) is 0 Å². The standard InChI is InChI=1S/C13H22N2O5/c1-9-7-15(8-10(9)12(17)18)13(19)14(2)6-4-5-11(16)20-3/h9-10H,4-8H2,1-3H3,(H,17,18). The van der Waals surface area contributed by atoms with Gasteiger partial charge in [-0.05, 0) is 12.3 Å². The molecule has 1 aliphatic heterocycles. The van der Waals surface area contributed by atoms with Gasteiger partial charge >= 0.3 is 18.0 Å². The van der Waals surface area contributed by atoms with E-state index in [4.69, 9.17) is 5.11 Å². The average molecular weight is 286 g/mol. The zero-order valence-electron chi connectivity index (χ0n) is 12.2. The van der Waals surface area contributed by atoms with Crippen molar-refractivity contribution in [3.63, 3.8) is 0 Å². The molecule has 7 heteroatoms. The highest BCUT2D eigenvalue weighted by Crippen LogP contribution is 2.23. The first-order chi connectivity index (χ1) is 9.36. The molecule has 1 N–H and O–H groups in total. The van der Waals surface area contributed by atoms with Crippen molar-refractivity contribution in [3.8, 4) is 0 Å². The van der Waals surface area contributed by atoms with Gasteiger partial charge < -0.3 is 19.6 Å². The molecule has 1 fully saturated rings. The number of carbonyl (C=O) groups excluding carboxylic acids is 2. The van der Waals surface area contributed by atoms with E-state index in [2.05, 4.69) is 4.74 Å². The Labute approximate surface area is 118 Å². The third-order valence-corrected chi connectivity index (χ3v) is 3.63. The van der Waals surface area contributed by atoms with E-state index in [9.17, 15) is 14.4 Å². The third kappa shape index (κ3) is 4.11. The summed E-state index contributed by atoms with van der Waals surface area (Å²) in [6, 6.07) is -0.189. The van der Waals surface area contributed by atoms with Crippen LogP contribution in [0.2, 0.25) is 0 Å². The van der Waals surface area contributed by atoms with Gasteiger partial charge in [0.2, 0.25) is 0 Å². The first-order valence-corrected chi connectivity index (χ1v) is 6.66. The second kappa shape index (κ2) is 7.12. The molecule has 1 saturated heterocycles. The van der Waals surface area contributed by atoms with Gasteiger partial charge in [-0.25, -0.2) is 4.79 Å². The summed E-state index contributed by atoms with van der Waals surface area (Å²) in [7, 11) is 2.98. The molecule has 2 atom stereocenters. The molecule has 0 bridgehead atoms. The molecule has 0 radical (unpaired) electrons. The molecule has 1 rings (SSSR count). The lowest BCUT2D eigenvalue weighted by molar-refractivity contribution is -0.142. The summed E-state index contributed by atoms with van der Waals surface area (Å²) < 4.78 is 4.53. The smallest absolute Gasteiger partial charge is 0.319 e. The van der Waals surface area contributed by atoms with Gasteiger partial charge in [0.1, 0.15) is 0 Å². The number of ether oxygens (including phenoxy) is 1. The maximum Gasteiger partial charge on any atom is 0.319 e. The van der Waals surface area contributed by atoms with Gasteiger partial charge in [-0.3, -0.25) is 9.59 Å². The van der Waals surface area contributed by atoms with Crippen molar-refractivity contribution < 1.29 is 24.2 Å². The summed E-state index contributed by atoms with van der Waals surface area (Å²) in [5.74, 6) is -1.70. The predicted molar refractivity (Wildman–Crippen MR) is 71.1 cm³/mol. The van der Waals surface area contributed by atoms with Crippen LogP contribution in [-0.2, 0) is 14.3 Å². The Kier molecular flexibility index (Phi) is 5.79. The molecule has 0 aromatic heterocycles. The van der Waals surface area contributed by atoms with Gasteiger partial charge in [0.15, 0.2) is 0 Å². The van der Waals surface area contributed by atoms with Gasteiger partial charge in [0.25, 0.3) is 0 Å².